The second kappa shape index (κ2) is 15.5. The normalized spacial score (nSPS) is 13.1. The molecule has 1 N–H and O–H groups in total. The van der Waals surface area contributed by atoms with E-state index in [1.165, 1.54) is 0 Å². The first-order chi connectivity index (χ1) is 13.7. The molecule has 0 aliphatic carbocycles. The highest BCUT2D eigenvalue weighted by Gasteiger charge is 2.11. The van der Waals surface area contributed by atoms with Gasteiger partial charge in [0.15, 0.2) is 0 Å². The van der Waals surface area contributed by atoms with Crippen molar-refractivity contribution in [2.45, 2.75) is 39.9 Å². The number of nitrogens with zero attached hydrogens (tertiary/aromatic N) is 1. The Bertz CT molecular complexity index is 581. The summed E-state index contributed by atoms with van der Waals surface area (Å²) in [4.78, 5) is 33.3. The number of morpholine rings is 1. The molecule has 0 saturated carbocycles. The van der Waals surface area contributed by atoms with Crippen molar-refractivity contribution < 1.29 is 28.6 Å². The van der Waals surface area contributed by atoms with Crippen LogP contribution in [-0.4, -0.2) is 68.7 Å². The number of nitrogens with one attached hydrogen (secondary N) is 1. The van der Waals surface area contributed by atoms with Crippen molar-refractivity contribution in [1.29, 1.82) is 0 Å². The molecule has 0 bridgehead atoms. The molecule has 0 aromatic heterocycles. The summed E-state index contributed by atoms with van der Waals surface area (Å²) in [5.74, 6) is -0.292. The van der Waals surface area contributed by atoms with Crippen LogP contribution < -0.4 is 5.32 Å². The zero-order valence-corrected chi connectivity index (χ0v) is 18.1. The molecule has 29 heavy (non-hydrogen) atoms. The summed E-state index contributed by atoms with van der Waals surface area (Å²) in [6.07, 6.45) is 0.462. The quantitative estimate of drug-likeness (QED) is 0.587. The molecule has 1 aliphatic rings. The number of amides is 2. The van der Waals surface area contributed by atoms with E-state index in [9.17, 15) is 14.4 Å². The van der Waals surface area contributed by atoms with Gasteiger partial charge in [-0.3, -0.25) is 14.4 Å². The molecule has 2 rings (SSSR count). The second-order valence-electron chi connectivity index (χ2n) is 7.08. The van der Waals surface area contributed by atoms with Gasteiger partial charge >= 0.3 is 5.97 Å². The van der Waals surface area contributed by atoms with Gasteiger partial charge in [-0.2, -0.15) is 0 Å². The fourth-order valence-electron chi connectivity index (χ4n) is 1.79. The van der Waals surface area contributed by atoms with Gasteiger partial charge in [0.05, 0.1) is 18.8 Å². The first kappa shape index (κ1) is 26.6. The number of esters is 1. The molecule has 0 atom stereocenters. The molecule has 1 aromatic carbocycles. The number of ether oxygens (including phenoxy) is 3. The lowest BCUT2D eigenvalue weighted by atomic mass is 10.2. The van der Waals surface area contributed by atoms with Gasteiger partial charge in [0.25, 0.3) is 0 Å². The third kappa shape index (κ3) is 16.2. The first-order valence-corrected chi connectivity index (χ1v) is 9.44. The van der Waals surface area contributed by atoms with Crippen LogP contribution in [-0.2, 0) is 35.2 Å². The molecular formula is C21H34N2O6. The Kier molecular flexibility index (Phi) is 14.2. The summed E-state index contributed by atoms with van der Waals surface area (Å²) < 4.78 is 14.9. The van der Waals surface area contributed by atoms with Crippen LogP contribution >= 0.6 is 0 Å². The van der Waals surface area contributed by atoms with E-state index in [-0.39, 0.29) is 24.7 Å². The molecule has 1 aromatic rings. The molecule has 164 valence electrons. The van der Waals surface area contributed by atoms with Crippen molar-refractivity contribution in [1.82, 2.24) is 10.2 Å². The topological polar surface area (TPSA) is 94.2 Å². The number of carbonyl (C=O) groups is 3. The van der Waals surface area contributed by atoms with Gasteiger partial charge in [-0.25, -0.2) is 0 Å². The molecule has 0 radical (unpaired) electrons. The van der Waals surface area contributed by atoms with Crippen LogP contribution in [0.3, 0.4) is 0 Å². The van der Waals surface area contributed by atoms with E-state index in [1.54, 1.807) is 18.9 Å². The highest BCUT2D eigenvalue weighted by molar-refractivity contribution is 5.74. The number of methoxy groups -OCH3 is 1. The monoisotopic (exact) mass is 410 g/mol. The lowest BCUT2D eigenvalue weighted by molar-refractivity contribution is -0.144. The Hall–Kier alpha value is -2.45. The van der Waals surface area contributed by atoms with Gasteiger partial charge in [-0.05, 0) is 26.3 Å². The molecule has 1 heterocycles. The van der Waals surface area contributed by atoms with Crippen molar-refractivity contribution in [3.63, 3.8) is 0 Å². The number of rotatable bonds is 5. The Morgan fingerprint density at radius 3 is 2.14 bits per heavy atom. The van der Waals surface area contributed by atoms with Crippen LogP contribution in [0.4, 0.5) is 0 Å². The standard InChI is InChI=1S/C10H11NO3.C6H11NO2.C5H12O/c12-8-11-6-10(13)14-7-9-4-2-1-3-5-9;1-6(8)7-2-4-9-5-3-7;1-5(2,3)6-4/h1-5,8H,6-7H2,(H,11,12);2-5H2,1H3;1-4H3. The minimum absolute atomic E-state index is 0.0417. The number of hydrogen-bond acceptors (Lipinski definition) is 6. The zero-order chi connectivity index (χ0) is 22.1. The van der Waals surface area contributed by atoms with E-state index in [4.69, 9.17) is 14.2 Å². The van der Waals surface area contributed by atoms with Crippen molar-refractivity contribution in [2.24, 2.45) is 0 Å². The Morgan fingerprint density at radius 1 is 1.17 bits per heavy atom. The predicted octanol–water partition coefficient (Wildman–Crippen LogP) is 1.77. The van der Waals surface area contributed by atoms with Gasteiger partial charge in [0.1, 0.15) is 13.2 Å². The summed E-state index contributed by atoms with van der Waals surface area (Å²) in [6, 6.07) is 9.35. The maximum atomic E-state index is 10.9. The first-order valence-electron chi connectivity index (χ1n) is 9.44. The summed E-state index contributed by atoms with van der Waals surface area (Å²) in [7, 11) is 1.71. The van der Waals surface area contributed by atoms with Crippen LogP contribution in [0.5, 0.6) is 0 Å². The van der Waals surface area contributed by atoms with E-state index in [2.05, 4.69) is 5.32 Å². The van der Waals surface area contributed by atoms with Gasteiger partial charge in [0, 0.05) is 27.1 Å². The smallest absolute Gasteiger partial charge is 0.325 e. The van der Waals surface area contributed by atoms with Crippen LogP contribution in [0.15, 0.2) is 30.3 Å². The molecule has 2 amide bonds. The van der Waals surface area contributed by atoms with E-state index in [1.807, 2.05) is 51.1 Å². The molecule has 8 heteroatoms. The van der Waals surface area contributed by atoms with Gasteiger partial charge in [-0.15, -0.1) is 0 Å². The molecule has 1 saturated heterocycles. The fraction of sp³-hybridized carbons (Fsp3) is 0.571. The lowest BCUT2D eigenvalue weighted by Crippen LogP contribution is -2.39. The maximum Gasteiger partial charge on any atom is 0.325 e. The van der Waals surface area contributed by atoms with E-state index in [0.717, 1.165) is 18.7 Å². The van der Waals surface area contributed by atoms with E-state index >= 15 is 0 Å². The minimum Gasteiger partial charge on any atom is -0.460 e. The van der Waals surface area contributed by atoms with Crippen molar-refractivity contribution in [2.75, 3.05) is 40.0 Å². The predicted molar refractivity (Wildman–Crippen MR) is 110 cm³/mol. The fourth-order valence-corrected chi connectivity index (χ4v) is 1.79. The summed E-state index contributed by atoms with van der Waals surface area (Å²) in [5.41, 5.74) is 0.965. The molecule has 1 aliphatic heterocycles. The molecule has 0 spiro atoms. The van der Waals surface area contributed by atoms with Crippen LogP contribution in [0, 0.1) is 0 Å². The highest BCUT2D eigenvalue weighted by atomic mass is 16.5. The number of hydrogen-bond donors (Lipinski definition) is 1. The van der Waals surface area contributed by atoms with E-state index in [0.29, 0.717) is 19.6 Å². The van der Waals surface area contributed by atoms with Crippen LogP contribution in [0.1, 0.15) is 33.3 Å². The van der Waals surface area contributed by atoms with Gasteiger partial charge in [-0.1, -0.05) is 30.3 Å². The average molecular weight is 411 g/mol. The van der Waals surface area contributed by atoms with E-state index < -0.39 is 5.97 Å². The second-order valence-corrected chi connectivity index (χ2v) is 7.08. The van der Waals surface area contributed by atoms with Crippen molar-refractivity contribution in [3.05, 3.63) is 35.9 Å². The van der Waals surface area contributed by atoms with Gasteiger partial charge < -0.3 is 24.4 Å². The molecule has 8 nitrogen and oxygen atoms in total. The highest BCUT2D eigenvalue weighted by Crippen LogP contribution is 2.02. The molecular weight excluding hydrogens is 376 g/mol. The largest absolute Gasteiger partial charge is 0.460 e. The number of benzene rings is 1. The zero-order valence-electron chi connectivity index (χ0n) is 18.1. The molecule has 0 unspecified atom stereocenters. The third-order valence-corrected chi connectivity index (χ3v) is 3.64. The maximum absolute atomic E-state index is 10.9. The third-order valence-electron chi connectivity index (χ3n) is 3.64. The summed E-state index contributed by atoms with van der Waals surface area (Å²) >= 11 is 0. The number of carbonyl (C=O) groups excluding carboxylic acids is 3. The summed E-state index contributed by atoms with van der Waals surface area (Å²) in [6.45, 7) is 10.7. The van der Waals surface area contributed by atoms with Gasteiger partial charge in [0.2, 0.25) is 12.3 Å². The van der Waals surface area contributed by atoms with Crippen LogP contribution in [0.25, 0.3) is 0 Å². The minimum atomic E-state index is -0.444. The Labute approximate surface area is 173 Å². The van der Waals surface area contributed by atoms with Crippen LogP contribution in [0.2, 0.25) is 0 Å². The lowest BCUT2D eigenvalue weighted by Gasteiger charge is -2.25. The summed E-state index contributed by atoms with van der Waals surface area (Å²) in [5, 5.41) is 2.23. The van der Waals surface area contributed by atoms with Crippen molar-refractivity contribution >= 4 is 18.3 Å². The SMILES string of the molecule is CC(=O)N1CCOCC1.COC(C)(C)C.O=CNCC(=O)OCc1ccccc1. The Balaban J connectivity index is 0.000000448. The average Bonchev–Trinajstić information content (AvgIpc) is 2.72. The Morgan fingerprint density at radius 2 is 1.72 bits per heavy atom. The van der Waals surface area contributed by atoms with Crippen molar-refractivity contribution in [3.8, 4) is 0 Å². The molecule has 1 fully saturated rings.